The molecule has 0 bridgehead atoms. The Hall–Kier alpha value is 0.1000. The molecule has 0 aromatic heterocycles. The van der Waals surface area contributed by atoms with Gasteiger partial charge in [0, 0.05) is 27.1 Å². The van der Waals surface area contributed by atoms with E-state index >= 15 is 0 Å². The van der Waals surface area contributed by atoms with E-state index in [1.165, 1.54) is 7.11 Å². The summed E-state index contributed by atoms with van der Waals surface area (Å²) in [5, 5.41) is 5.34. The van der Waals surface area contributed by atoms with Crippen LogP contribution in [0.5, 0.6) is 0 Å². The van der Waals surface area contributed by atoms with E-state index in [1.54, 1.807) is 11.8 Å². The summed E-state index contributed by atoms with van der Waals surface area (Å²) in [6, 6.07) is 1.81. The second-order valence-corrected chi connectivity index (χ2v) is 5.92. The van der Waals surface area contributed by atoms with Crippen LogP contribution in [0.2, 0.25) is 10.0 Å². The van der Waals surface area contributed by atoms with Gasteiger partial charge in [0.1, 0.15) is 7.11 Å². The fraction of sp³-hybridized carbons (Fsp3) is 0.300. The van der Waals surface area contributed by atoms with Crippen molar-refractivity contribution in [2.24, 2.45) is 5.16 Å². The van der Waals surface area contributed by atoms with Crippen LogP contribution >= 0.6 is 50.9 Å². The second kappa shape index (κ2) is 5.17. The Bertz CT molecular complexity index is 465. The van der Waals surface area contributed by atoms with E-state index < -0.39 is 0 Å². The monoisotopic (exact) mass is 339 g/mol. The molecule has 1 heterocycles. The van der Waals surface area contributed by atoms with Gasteiger partial charge in [-0.15, -0.1) is 11.8 Å². The maximum atomic E-state index is 6.26. The molecule has 0 fully saturated rings. The van der Waals surface area contributed by atoms with Gasteiger partial charge in [0.15, 0.2) is 0 Å². The molecule has 0 radical (unpaired) electrons. The molecule has 0 saturated carbocycles. The van der Waals surface area contributed by atoms with Gasteiger partial charge in [0.05, 0.1) is 15.8 Å². The molecule has 0 amide bonds. The number of halogens is 3. The molecule has 16 heavy (non-hydrogen) atoms. The van der Waals surface area contributed by atoms with Crippen molar-refractivity contribution in [3.63, 3.8) is 0 Å². The summed E-state index contributed by atoms with van der Waals surface area (Å²) in [6.07, 6.45) is 0.831. The summed E-state index contributed by atoms with van der Waals surface area (Å²) in [4.78, 5) is 5.82. The normalized spacial score (nSPS) is 17.4. The third-order valence-electron chi connectivity index (χ3n) is 2.20. The molecule has 1 aromatic carbocycles. The highest BCUT2D eigenvalue weighted by atomic mass is 79.9. The van der Waals surface area contributed by atoms with E-state index in [9.17, 15) is 0 Å². The van der Waals surface area contributed by atoms with Crippen LogP contribution in [0.1, 0.15) is 12.0 Å². The van der Waals surface area contributed by atoms with Crippen LogP contribution in [0.3, 0.4) is 0 Å². The number of hydrogen-bond donors (Lipinski definition) is 0. The van der Waals surface area contributed by atoms with Crippen molar-refractivity contribution < 1.29 is 4.84 Å². The molecule has 6 heteroatoms. The zero-order valence-corrected chi connectivity index (χ0v) is 12.3. The summed E-state index contributed by atoms with van der Waals surface area (Å²) in [5.74, 6) is 0.937. The third kappa shape index (κ3) is 2.21. The molecule has 0 aliphatic carbocycles. The number of hydrogen-bond acceptors (Lipinski definition) is 3. The number of nitrogens with zero attached hydrogens (tertiary/aromatic N) is 1. The van der Waals surface area contributed by atoms with Crippen LogP contribution in [0.4, 0.5) is 0 Å². The first-order valence-electron chi connectivity index (χ1n) is 4.56. The minimum absolute atomic E-state index is 0.641. The molecular formula is C10H8BrCl2NOS. The summed E-state index contributed by atoms with van der Waals surface area (Å²) >= 11 is 17.5. The van der Waals surface area contributed by atoms with Crippen molar-refractivity contribution >= 4 is 56.6 Å². The molecule has 2 rings (SSSR count). The second-order valence-electron chi connectivity index (χ2n) is 3.18. The highest BCUT2D eigenvalue weighted by Crippen LogP contribution is 2.43. The Balaban J connectivity index is 2.67. The first kappa shape index (κ1) is 12.6. The highest BCUT2D eigenvalue weighted by Gasteiger charge is 2.24. The van der Waals surface area contributed by atoms with Crippen LogP contribution in [0, 0.1) is 0 Å². The van der Waals surface area contributed by atoms with Crippen LogP contribution in [0.15, 0.2) is 20.6 Å². The summed E-state index contributed by atoms with van der Waals surface area (Å²) in [7, 11) is 1.53. The lowest BCUT2D eigenvalue weighted by Crippen LogP contribution is -2.11. The molecule has 0 N–H and O–H groups in total. The first-order valence-corrected chi connectivity index (χ1v) is 7.09. The minimum Gasteiger partial charge on any atom is -0.399 e. The number of fused-ring (bicyclic) bond motifs is 1. The standard InChI is InChI=1S/C10H8BrCl2NOS/c1-15-14-7-2-3-16-10-6(12)4-5(11)9(13)8(7)10/h4H,2-3H2,1H3/b14-7+. The van der Waals surface area contributed by atoms with Gasteiger partial charge in [-0.1, -0.05) is 28.4 Å². The van der Waals surface area contributed by atoms with Gasteiger partial charge in [-0.25, -0.2) is 0 Å². The lowest BCUT2D eigenvalue weighted by atomic mass is 10.1. The minimum atomic E-state index is 0.641. The molecule has 0 saturated heterocycles. The van der Waals surface area contributed by atoms with Gasteiger partial charge in [-0.05, 0) is 22.0 Å². The number of thioether (sulfide) groups is 1. The first-order chi connectivity index (χ1) is 7.65. The average molecular weight is 341 g/mol. The van der Waals surface area contributed by atoms with Crippen LogP contribution in [-0.4, -0.2) is 18.6 Å². The fourth-order valence-corrected chi connectivity index (χ4v) is 3.85. The maximum absolute atomic E-state index is 6.26. The Morgan fingerprint density at radius 1 is 1.50 bits per heavy atom. The molecule has 0 unspecified atom stereocenters. The molecule has 0 atom stereocenters. The summed E-state index contributed by atoms with van der Waals surface area (Å²) in [6.45, 7) is 0. The third-order valence-corrected chi connectivity index (χ3v) is 4.98. The largest absolute Gasteiger partial charge is 0.399 e. The average Bonchev–Trinajstić information content (AvgIpc) is 2.26. The van der Waals surface area contributed by atoms with E-state index in [0.29, 0.717) is 10.0 Å². The summed E-state index contributed by atoms with van der Waals surface area (Å²) in [5.41, 5.74) is 1.74. The van der Waals surface area contributed by atoms with Gasteiger partial charge in [-0.2, -0.15) is 0 Å². The lowest BCUT2D eigenvalue weighted by Gasteiger charge is -2.20. The predicted molar refractivity (Wildman–Crippen MR) is 73.0 cm³/mol. The van der Waals surface area contributed by atoms with Gasteiger partial charge < -0.3 is 4.84 Å². The van der Waals surface area contributed by atoms with Gasteiger partial charge in [-0.3, -0.25) is 0 Å². The molecule has 1 aliphatic rings. The Morgan fingerprint density at radius 2 is 2.25 bits per heavy atom. The van der Waals surface area contributed by atoms with Gasteiger partial charge in [0.25, 0.3) is 0 Å². The van der Waals surface area contributed by atoms with Gasteiger partial charge in [0.2, 0.25) is 0 Å². The quantitative estimate of drug-likeness (QED) is 0.550. The van der Waals surface area contributed by atoms with Crippen LogP contribution in [0.25, 0.3) is 0 Å². The molecule has 86 valence electrons. The van der Waals surface area contributed by atoms with Crippen molar-refractivity contribution in [1.29, 1.82) is 0 Å². The Morgan fingerprint density at radius 3 is 2.94 bits per heavy atom. The fourth-order valence-electron chi connectivity index (χ4n) is 1.55. The van der Waals surface area contributed by atoms with Crippen LogP contribution < -0.4 is 0 Å². The zero-order valence-electron chi connectivity index (χ0n) is 8.39. The Labute approximate surface area is 116 Å². The lowest BCUT2D eigenvalue weighted by molar-refractivity contribution is 0.213. The van der Waals surface area contributed by atoms with E-state index in [2.05, 4.69) is 21.1 Å². The van der Waals surface area contributed by atoms with E-state index in [4.69, 9.17) is 28.0 Å². The molecule has 0 spiro atoms. The molecule has 1 aliphatic heterocycles. The van der Waals surface area contributed by atoms with E-state index in [1.807, 2.05) is 6.07 Å². The Kier molecular flexibility index (Phi) is 4.06. The highest BCUT2D eigenvalue weighted by molar-refractivity contribution is 9.10. The van der Waals surface area contributed by atoms with E-state index in [-0.39, 0.29) is 0 Å². The number of rotatable bonds is 1. The predicted octanol–water partition coefficient (Wildman–Crippen LogP) is 4.60. The number of benzene rings is 1. The molecule has 2 nitrogen and oxygen atoms in total. The molecule has 1 aromatic rings. The SMILES string of the molecule is CO/N=C1\CCSc2c(Cl)cc(Br)c(Cl)c21. The topological polar surface area (TPSA) is 21.6 Å². The van der Waals surface area contributed by atoms with Crippen molar-refractivity contribution in [2.75, 3.05) is 12.9 Å². The number of oxime groups is 1. The van der Waals surface area contributed by atoms with Crippen molar-refractivity contribution in [1.82, 2.24) is 0 Å². The van der Waals surface area contributed by atoms with Crippen molar-refractivity contribution in [3.05, 3.63) is 26.1 Å². The summed E-state index contributed by atoms with van der Waals surface area (Å²) < 4.78 is 0.782. The van der Waals surface area contributed by atoms with Crippen LogP contribution in [-0.2, 0) is 4.84 Å². The van der Waals surface area contributed by atoms with Gasteiger partial charge >= 0.3 is 0 Å². The van der Waals surface area contributed by atoms with Crippen molar-refractivity contribution in [3.8, 4) is 0 Å². The van der Waals surface area contributed by atoms with E-state index in [0.717, 1.165) is 32.8 Å². The zero-order chi connectivity index (χ0) is 11.7. The maximum Gasteiger partial charge on any atom is 0.106 e. The van der Waals surface area contributed by atoms with Crippen molar-refractivity contribution in [2.45, 2.75) is 11.3 Å². The smallest absolute Gasteiger partial charge is 0.106 e. The molecular weight excluding hydrogens is 333 g/mol.